The summed E-state index contributed by atoms with van der Waals surface area (Å²) in [5, 5.41) is 27.6. The third-order valence-corrected chi connectivity index (χ3v) is 2.83. The zero-order valence-corrected chi connectivity index (χ0v) is 10.3. The summed E-state index contributed by atoms with van der Waals surface area (Å²) < 4.78 is 0. The van der Waals surface area contributed by atoms with Crippen LogP contribution < -0.4 is 5.56 Å². The number of phenols is 2. The first-order chi connectivity index (χ1) is 9.02. The molecule has 1 heterocycles. The number of aryl methyl sites for hydroxylation is 1. The van der Waals surface area contributed by atoms with Crippen molar-refractivity contribution in [2.75, 3.05) is 6.61 Å². The summed E-state index contributed by atoms with van der Waals surface area (Å²) in [6.07, 6.45) is 0.245. The average Bonchev–Trinajstić information content (AvgIpc) is 2.37. The van der Waals surface area contributed by atoms with Crippen molar-refractivity contribution in [3.8, 4) is 22.9 Å². The molecule has 0 spiro atoms. The van der Waals surface area contributed by atoms with Gasteiger partial charge in [-0.1, -0.05) is 0 Å². The van der Waals surface area contributed by atoms with Crippen LogP contribution in [0.25, 0.3) is 11.4 Å². The first-order valence-electron chi connectivity index (χ1n) is 5.76. The van der Waals surface area contributed by atoms with Crippen molar-refractivity contribution in [2.24, 2.45) is 0 Å². The number of phenolic OH excluding ortho intramolecular Hbond substituents is 2. The fourth-order valence-electron chi connectivity index (χ4n) is 1.82. The molecule has 0 fully saturated rings. The number of aromatic hydroxyl groups is 2. The Balaban J connectivity index is 2.52. The third-order valence-electron chi connectivity index (χ3n) is 2.83. The summed E-state index contributed by atoms with van der Waals surface area (Å²) in [5.41, 5.74) is 1.14. The topological polar surface area (TPSA) is 106 Å². The van der Waals surface area contributed by atoms with Gasteiger partial charge in [0.2, 0.25) is 0 Å². The average molecular weight is 262 g/mol. The molecule has 6 nitrogen and oxygen atoms in total. The van der Waals surface area contributed by atoms with Gasteiger partial charge in [0, 0.05) is 29.8 Å². The molecule has 0 amide bonds. The molecular weight excluding hydrogens is 248 g/mol. The minimum Gasteiger partial charge on any atom is -0.504 e. The maximum Gasteiger partial charge on any atom is 0.254 e. The van der Waals surface area contributed by atoms with E-state index in [2.05, 4.69) is 9.97 Å². The molecule has 6 heteroatoms. The number of nitrogens with one attached hydrogen (secondary N) is 1. The lowest BCUT2D eigenvalue weighted by Crippen LogP contribution is -2.18. The van der Waals surface area contributed by atoms with E-state index in [-0.39, 0.29) is 30.1 Å². The lowest BCUT2D eigenvalue weighted by molar-refractivity contribution is 0.298. The van der Waals surface area contributed by atoms with E-state index in [4.69, 9.17) is 5.11 Å². The van der Waals surface area contributed by atoms with Crippen molar-refractivity contribution in [1.29, 1.82) is 0 Å². The van der Waals surface area contributed by atoms with Gasteiger partial charge in [-0.25, -0.2) is 4.98 Å². The van der Waals surface area contributed by atoms with Gasteiger partial charge in [0.05, 0.1) is 0 Å². The number of aromatic nitrogens is 2. The predicted octanol–water partition coefficient (Wildman–Crippen LogP) is 0.691. The lowest BCUT2D eigenvalue weighted by atomic mass is 10.1. The van der Waals surface area contributed by atoms with Gasteiger partial charge in [-0.05, 0) is 25.1 Å². The standard InChI is InChI=1S/C13H14N2O4/c1-7-9(4-5-16)13(19)15-12(14-7)8-2-3-10(17)11(18)6-8/h2-3,6,16-18H,4-5H2,1H3,(H,14,15,19). The molecule has 0 atom stereocenters. The third kappa shape index (κ3) is 2.58. The molecule has 0 bridgehead atoms. The van der Waals surface area contributed by atoms with E-state index < -0.39 is 0 Å². The van der Waals surface area contributed by atoms with Gasteiger partial charge < -0.3 is 20.3 Å². The Morgan fingerprint density at radius 3 is 2.58 bits per heavy atom. The first kappa shape index (κ1) is 13.1. The van der Waals surface area contributed by atoms with Crippen LogP contribution in [0.3, 0.4) is 0 Å². The zero-order valence-electron chi connectivity index (χ0n) is 10.3. The Hall–Kier alpha value is -2.34. The lowest BCUT2D eigenvalue weighted by Gasteiger charge is -2.07. The maximum absolute atomic E-state index is 11.9. The highest BCUT2D eigenvalue weighted by Gasteiger charge is 2.10. The number of hydrogen-bond donors (Lipinski definition) is 4. The molecule has 2 aromatic rings. The van der Waals surface area contributed by atoms with Gasteiger partial charge >= 0.3 is 0 Å². The van der Waals surface area contributed by atoms with E-state index in [9.17, 15) is 15.0 Å². The van der Waals surface area contributed by atoms with Crippen molar-refractivity contribution in [1.82, 2.24) is 9.97 Å². The highest BCUT2D eigenvalue weighted by Crippen LogP contribution is 2.28. The normalized spacial score (nSPS) is 10.6. The van der Waals surface area contributed by atoms with Crippen LogP contribution in [0.15, 0.2) is 23.0 Å². The molecular formula is C13H14N2O4. The molecule has 4 N–H and O–H groups in total. The highest BCUT2D eigenvalue weighted by molar-refractivity contribution is 5.60. The van der Waals surface area contributed by atoms with Gasteiger partial charge in [0.1, 0.15) is 5.82 Å². The Kier molecular flexibility index (Phi) is 3.52. The number of H-pyrrole nitrogens is 1. The van der Waals surface area contributed by atoms with Crippen LogP contribution in [0, 0.1) is 6.92 Å². The zero-order chi connectivity index (χ0) is 14.0. The number of aromatic amines is 1. The summed E-state index contributed by atoms with van der Waals surface area (Å²) in [4.78, 5) is 18.7. The monoisotopic (exact) mass is 262 g/mol. The Morgan fingerprint density at radius 2 is 2.00 bits per heavy atom. The van der Waals surface area contributed by atoms with Gasteiger partial charge in [-0.2, -0.15) is 0 Å². The van der Waals surface area contributed by atoms with E-state index in [1.54, 1.807) is 13.0 Å². The van der Waals surface area contributed by atoms with Crippen molar-refractivity contribution in [3.63, 3.8) is 0 Å². The number of rotatable bonds is 3. The van der Waals surface area contributed by atoms with E-state index in [1.807, 2.05) is 0 Å². The Morgan fingerprint density at radius 1 is 1.26 bits per heavy atom. The number of aliphatic hydroxyl groups is 1. The van der Waals surface area contributed by atoms with Crippen molar-refractivity contribution < 1.29 is 15.3 Å². The minimum atomic E-state index is -0.316. The van der Waals surface area contributed by atoms with Crippen LogP contribution >= 0.6 is 0 Å². The molecule has 0 radical (unpaired) electrons. The van der Waals surface area contributed by atoms with Crippen LogP contribution in [-0.4, -0.2) is 31.9 Å². The summed E-state index contributed by atoms with van der Waals surface area (Å²) in [6.45, 7) is 1.56. The largest absolute Gasteiger partial charge is 0.504 e. The fraction of sp³-hybridized carbons (Fsp3) is 0.231. The first-order valence-corrected chi connectivity index (χ1v) is 5.76. The van der Waals surface area contributed by atoms with Gasteiger partial charge in [-0.15, -0.1) is 0 Å². The maximum atomic E-state index is 11.9. The fourth-order valence-corrected chi connectivity index (χ4v) is 1.82. The number of nitrogens with zero attached hydrogens (tertiary/aromatic N) is 1. The summed E-state index contributed by atoms with van der Waals surface area (Å²) in [7, 11) is 0. The van der Waals surface area contributed by atoms with E-state index in [0.29, 0.717) is 22.6 Å². The smallest absolute Gasteiger partial charge is 0.254 e. The Bertz CT molecular complexity index is 664. The van der Waals surface area contributed by atoms with Crippen LogP contribution in [-0.2, 0) is 6.42 Å². The van der Waals surface area contributed by atoms with E-state index in [0.717, 1.165) is 0 Å². The number of benzene rings is 1. The van der Waals surface area contributed by atoms with Crippen LogP contribution in [0.5, 0.6) is 11.5 Å². The van der Waals surface area contributed by atoms with Gasteiger partial charge in [0.25, 0.3) is 5.56 Å². The molecule has 0 saturated carbocycles. The molecule has 1 aromatic carbocycles. The summed E-state index contributed by atoms with van der Waals surface area (Å²) in [6, 6.07) is 4.18. The van der Waals surface area contributed by atoms with Crippen molar-refractivity contribution in [2.45, 2.75) is 13.3 Å². The second-order valence-electron chi connectivity index (χ2n) is 4.16. The number of aliphatic hydroxyl groups excluding tert-OH is 1. The summed E-state index contributed by atoms with van der Waals surface area (Å²) >= 11 is 0. The molecule has 100 valence electrons. The molecule has 0 aliphatic carbocycles. The Labute approximate surface area is 109 Å². The van der Waals surface area contributed by atoms with Gasteiger partial charge in [0.15, 0.2) is 11.5 Å². The van der Waals surface area contributed by atoms with Crippen LogP contribution in [0.2, 0.25) is 0 Å². The van der Waals surface area contributed by atoms with Crippen LogP contribution in [0.4, 0.5) is 0 Å². The highest BCUT2D eigenvalue weighted by atomic mass is 16.3. The van der Waals surface area contributed by atoms with Crippen molar-refractivity contribution in [3.05, 3.63) is 39.8 Å². The predicted molar refractivity (Wildman–Crippen MR) is 69.2 cm³/mol. The second-order valence-corrected chi connectivity index (χ2v) is 4.16. The van der Waals surface area contributed by atoms with E-state index >= 15 is 0 Å². The van der Waals surface area contributed by atoms with Crippen LogP contribution in [0.1, 0.15) is 11.3 Å². The molecule has 0 unspecified atom stereocenters. The molecule has 1 aromatic heterocycles. The van der Waals surface area contributed by atoms with Crippen molar-refractivity contribution >= 4 is 0 Å². The minimum absolute atomic E-state index is 0.120. The molecule has 19 heavy (non-hydrogen) atoms. The second kappa shape index (κ2) is 5.11. The van der Waals surface area contributed by atoms with Gasteiger partial charge in [-0.3, -0.25) is 4.79 Å². The molecule has 2 rings (SSSR count). The molecule has 0 saturated heterocycles. The summed E-state index contributed by atoms with van der Waals surface area (Å²) in [5.74, 6) is -0.212. The quantitative estimate of drug-likeness (QED) is 0.609. The van der Waals surface area contributed by atoms with E-state index in [1.165, 1.54) is 12.1 Å². The molecule has 0 aliphatic heterocycles. The molecule has 0 aliphatic rings. The SMILES string of the molecule is Cc1nc(-c2ccc(O)c(O)c2)[nH]c(=O)c1CCO. The number of hydrogen-bond acceptors (Lipinski definition) is 5.